The predicted molar refractivity (Wildman–Crippen MR) is 117 cm³/mol. The molecule has 0 saturated carbocycles. The second-order valence-corrected chi connectivity index (χ2v) is 7.26. The lowest BCUT2D eigenvalue weighted by molar-refractivity contribution is 0.0520. The third-order valence-corrected chi connectivity index (χ3v) is 5.17. The van der Waals surface area contributed by atoms with Crippen molar-refractivity contribution in [3.05, 3.63) is 60.7 Å². The van der Waals surface area contributed by atoms with E-state index >= 15 is 0 Å². The van der Waals surface area contributed by atoms with E-state index in [1.165, 1.54) is 0 Å². The van der Waals surface area contributed by atoms with Gasteiger partial charge >= 0.3 is 5.97 Å². The molecule has 0 atom stereocenters. The van der Waals surface area contributed by atoms with Crippen molar-refractivity contribution >= 4 is 27.8 Å². The number of carbonyl (C=O) groups excluding carboxylic acids is 1. The highest BCUT2D eigenvalue weighted by Gasteiger charge is 2.18. The van der Waals surface area contributed by atoms with Gasteiger partial charge in [0.15, 0.2) is 0 Å². The number of ether oxygens (including phenoxy) is 1. The van der Waals surface area contributed by atoms with E-state index < -0.39 is 5.97 Å². The molecule has 4 aromatic heterocycles. The summed E-state index contributed by atoms with van der Waals surface area (Å²) >= 11 is 0. The molecular weight excluding hydrogens is 392 g/mol. The molecule has 5 rings (SSSR count). The highest BCUT2D eigenvalue weighted by Crippen LogP contribution is 2.33. The molecule has 4 heterocycles. The zero-order valence-electron chi connectivity index (χ0n) is 17.4. The van der Waals surface area contributed by atoms with Gasteiger partial charge in [-0.3, -0.25) is 14.3 Å². The van der Waals surface area contributed by atoms with Crippen LogP contribution < -0.4 is 0 Å². The molecule has 1 aromatic carbocycles. The maximum absolute atomic E-state index is 12.4. The molecule has 5 aromatic rings. The molecule has 0 aliphatic carbocycles. The lowest BCUT2D eigenvalue weighted by Gasteiger charge is -2.09. The van der Waals surface area contributed by atoms with Crippen molar-refractivity contribution in [3.8, 4) is 22.5 Å². The molecule has 0 N–H and O–H groups in total. The van der Waals surface area contributed by atoms with E-state index in [1.54, 1.807) is 30.1 Å². The van der Waals surface area contributed by atoms with Crippen LogP contribution in [0.25, 0.3) is 44.3 Å². The molecule has 0 amide bonds. The molecule has 0 bridgehead atoms. The van der Waals surface area contributed by atoms with Crippen LogP contribution in [-0.2, 0) is 18.8 Å². The van der Waals surface area contributed by atoms with E-state index in [9.17, 15) is 4.79 Å². The number of rotatable bonds is 4. The number of hydrogen-bond acceptors (Lipinski definition) is 6. The Bertz CT molecular complexity index is 1450. The molecule has 8 heteroatoms. The standard InChI is InChI=1S/C23H20N6O2/c1-4-31-23(30)18-11-14-6-5-9-24-21(14)22(26-18)15-7-8-19-17(10-15)20(27-29(19)3)16-12-25-28(2)13-16/h5-13H,4H2,1-3H3. The number of hydrogen-bond donors (Lipinski definition) is 0. The lowest BCUT2D eigenvalue weighted by Crippen LogP contribution is -2.08. The first-order chi connectivity index (χ1) is 15.0. The number of nitrogens with zero attached hydrogens (tertiary/aromatic N) is 6. The largest absolute Gasteiger partial charge is 0.461 e. The van der Waals surface area contributed by atoms with Crippen molar-refractivity contribution in [2.24, 2.45) is 14.1 Å². The summed E-state index contributed by atoms with van der Waals surface area (Å²) in [5, 5.41) is 10.8. The van der Waals surface area contributed by atoms with Gasteiger partial charge in [-0.1, -0.05) is 12.1 Å². The fourth-order valence-corrected chi connectivity index (χ4v) is 3.77. The monoisotopic (exact) mass is 412 g/mol. The van der Waals surface area contributed by atoms with E-state index in [0.29, 0.717) is 5.69 Å². The Morgan fingerprint density at radius 1 is 1.10 bits per heavy atom. The molecule has 0 fully saturated rings. The number of carbonyl (C=O) groups is 1. The SMILES string of the molecule is CCOC(=O)c1cc2cccnc2c(-c2ccc3c(c2)c(-c2cnn(C)c2)nn3C)n1. The van der Waals surface area contributed by atoms with Crippen LogP contribution in [0.1, 0.15) is 17.4 Å². The highest BCUT2D eigenvalue weighted by molar-refractivity contribution is 6.01. The third-order valence-electron chi connectivity index (χ3n) is 5.17. The van der Waals surface area contributed by atoms with Gasteiger partial charge < -0.3 is 4.74 Å². The summed E-state index contributed by atoms with van der Waals surface area (Å²) < 4.78 is 8.78. The number of benzene rings is 1. The van der Waals surface area contributed by atoms with Crippen LogP contribution in [0.3, 0.4) is 0 Å². The van der Waals surface area contributed by atoms with E-state index in [-0.39, 0.29) is 12.3 Å². The minimum Gasteiger partial charge on any atom is -0.461 e. The van der Waals surface area contributed by atoms with Gasteiger partial charge in [0.25, 0.3) is 0 Å². The topological polar surface area (TPSA) is 87.7 Å². The van der Waals surface area contributed by atoms with Crippen molar-refractivity contribution in [3.63, 3.8) is 0 Å². The first-order valence-electron chi connectivity index (χ1n) is 9.94. The Morgan fingerprint density at radius 2 is 1.97 bits per heavy atom. The number of aryl methyl sites for hydroxylation is 2. The normalized spacial score (nSPS) is 11.3. The summed E-state index contributed by atoms with van der Waals surface area (Å²) in [6, 6.07) is 11.5. The first-order valence-corrected chi connectivity index (χ1v) is 9.94. The molecule has 0 aliphatic rings. The summed E-state index contributed by atoms with van der Waals surface area (Å²) in [5.41, 5.74) is 5.22. The minimum atomic E-state index is -0.451. The van der Waals surface area contributed by atoms with Crippen molar-refractivity contribution < 1.29 is 9.53 Å². The number of pyridine rings is 2. The average molecular weight is 412 g/mol. The van der Waals surface area contributed by atoms with E-state index in [2.05, 4.69) is 15.1 Å². The molecular formula is C23H20N6O2. The number of aromatic nitrogens is 6. The molecule has 0 aliphatic heterocycles. The predicted octanol–water partition coefficient (Wildman–Crippen LogP) is 3.76. The van der Waals surface area contributed by atoms with Gasteiger partial charge in [-0.2, -0.15) is 10.2 Å². The van der Waals surface area contributed by atoms with Gasteiger partial charge in [0.05, 0.1) is 29.5 Å². The fourth-order valence-electron chi connectivity index (χ4n) is 3.77. The number of esters is 1. The van der Waals surface area contributed by atoms with Crippen LogP contribution in [0.5, 0.6) is 0 Å². The maximum atomic E-state index is 12.4. The quantitative estimate of drug-likeness (QED) is 0.418. The lowest BCUT2D eigenvalue weighted by atomic mass is 10.0. The zero-order valence-corrected chi connectivity index (χ0v) is 17.4. The van der Waals surface area contributed by atoms with Crippen molar-refractivity contribution in [1.29, 1.82) is 0 Å². The Balaban J connectivity index is 1.75. The molecule has 154 valence electrons. The molecule has 8 nitrogen and oxygen atoms in total. The van der Waals surface area contributed by atoms with Crippen molar-refractivity contribution in [2.75, 3.05) is 6.61 Å². The Labute approximate surface area is 178 Å². The van der Waals surface area contributed by atoms with Gasteiger partial charge in [-0.05, 0) is 31.2 Å². The first kappa shape index (κ1) is 18.9. The van der Waals surface area contributed by atoms with Crippen LogP contribution in [0.4, 0.5) is 0 Å². The molecule has 0 unspecified atom stereocenters. The van der Waals surface area contributed by atoms with Gasteiger partial charge in [0.1, 0.15) is 11.4 Å². The number of fused-ring (bicyclic) bond motifs is 2. The maximum Gasteiger partial charge on any atom is 0.356 e. The van der Waals surface area contributed by atoms with E-state index in [0.717, 1.165) is 38.6 Å². The summed E-state index contributed by atoms with van der Waals surface area (Å²) in [6.07, 6.45) is 5.46. The zero-order chi connectivity index (χ0) is 21.5. The third kappa shape index (κ3) is 3.22. The minimum absolute atomic E-state index is 0.260. The van der Waals surface area contributed by atoms with E-state index in [1.807, 2.05) is 55.3 Å². The van der Waals surface area contributed by atoms with Crippen LogP contribution in [0.2, 0.25) is 0 Å². The summed E-state index contributed by atoms with van der Waals surface area (Å²) in [7, 11) is 3.79. The average Bonchev–Trinajstić information content (AvgIpc) is 3.35. The van der Waals surface area contributed by atoms with Crippen LogP contribution in [0, 0.1) is 0 Å². The Morgan fingerprint density at radius 3 is 2.74 bits per heavy atom. The highest BCUT2D eigenvalue weighted by atomic mass is 16.5. The smallest absolute Gasteiger partial charge is 0.356 e. The second-order valence-electron chi connectivity index (χ2n) is 7.26. The summed E-state index contributed by atoms with van der Waals surface area (Å²) in [5.74, 6) is -0.451. The molecule has 31 heavy (non-hydrogen) atoms. The van der Waals surface area contributed by atoms with Crippen molar-refractivity contribution in [2.45, 2.75) is 6.92 Å². The molecule has 0 spiro atoms. The summed E-state index contributed by atoms with van der Waals surface area (Å²) in [4.78, 5) is 21.6. The Hall–Kier alpha value is -4.07. The summed E-state index contributed by atoms with van der Waals surface area (Å²) in [6.45, 7) is 2.06. The van der Waals surface area contributed by atoms with Gasteiger partial charge in [-0.15, -0.1) is 0 Å². The molecule has 0 radical (unpaired) electrons. The van der Waals surface area contributed by atoms with Crippen LogP contribution in [-0.4, -0.2) is 42.1 Å². The molecule has 0 saturated heterocycles. The van der Waals surface area contributed by atoms with Gasteiger partial charge in [-0.25, -0.2) is 9.78 Å². The Kier molecular flexibility index (Phi) is 4.47. The van der Waals surface area contributed by atoms with Gasteiger partial charge in [0, 0.05) is 48.4 Å². The van der Waals surface area contributed by atoms with E-state index in [4.69, 9.17) is 9.84 Å². The second kappa shape index (κ2) is 7.32. The fraction of sp³-hybridized carbons (Fsp3) is 0.174. The van der Waals surface area contributed by atoms with Gasteiger partial charge in [0.2, 0.25) is 0 Å². The van der Waals surface area contributed by atoms with Crippen LogP contribution >= 0.6 is 0 Å². The van der Waals surface area contributed by atoms with Crippen molar-refractivity contribution in [1.82, 2.24) is 29.5 Å². The van der Waals surface area contributed by atoms with Crippen LogP contribution in [0.15, 0.2) is 55.0 Å².